The Balaban J connectivity index is 1.35. The molecular formula is C47H76N8O3. The molecule has 2 fully saturated rings. The van der Waals surface area contributed by atoms with Gasteiger partial charge in [0.1, 0.15) is 12.2 Å². The zero-order valence-corrected chi connectivity index (χ0v) is 37.8. The molecule has 4 atom stereocenters. The van der Waals surface area contributed by atoms with Crippen molar-refractivity contribution in [3.63, 3.8) is 0 Å². The Morgan fingerprint density at radius 1 is 0.603 bits per heavy atom. The van der Waals surface area contributed by atoms with Gasteiger partial charge in [0.05, 0.1) is 6.61 Å². The van der Waals surface area contributed by atoms with Gasteiger partial charge in [-0.3, -0.25) is 9.68 Å². The molecule has 4 unspecified atom stereocenters. The lowest BCUT2D eigenvalue weighted by atomic mass is 9.71. The average molecular weight is 801 g/mol. The van der Waals surface area contributed by atoms with Crippen molar-refractivity contribution in [1.82, 2.24) is 25.1 Å². The van der Waals surface area contributed by atoms with Crippen LogP contribution in [0.5, 0.6) is 0 Å². The fourth-order valence-corrected chi connectivity index (χ4v) is 10.3. The predicted molar refractivity (Wildman–Crippen MR) is 237 cm³/mol. The van der Waals surface area contributed by atoms with Crippen molar-refractivity contribution in [3.05, 3.63) is 71.8 Å². The lowest BCUT2D eigenvalue weighted by Crippen LogP contribution is -2.62. The summed E-state index contributed by atoms with van der Waals surface area (Å²) in [6.07, 6.45) is 7.74. The second kappa shape index (κ2) is 19.4. The van der Waals surface area contributed by atoms with Gasteiger partial charge in [0.25, 0.3) is 0 Å². The Labute approximate surface area is 350 Å². The predicted octanol–water partition coefficient (Wildman–Crippen LogP) is 10.4. The molecule has 2 saturated heterocycles. The number of aliphatic hydroxyl groups is 1. The normalized spacial score (nSPS) is 21.8. The number of hydrogen-bond donors (Lipinski definition) is 4. The van der Waals surface area contributed by atoms with Gasteiger partial charge in [-0.2, -0.15) is 25.1 Å². The van der Waals surface area contributed by atoms with Crippen LogP contribution in [-0.2, 0) is 9.68 Å². The fraction of sp³-hybridized carbons (Fsp3) is 0.681. The van der Waals surface area contributed by atoms with Gasteiger partial charge >= 0.3 is 0 Å². The van der Waals surface area contributed by atoms with Crippen LogP contribution in [0.1, 0.15) is 158 Å². The zero-order valence-electron chi connectivity index (χ0n) is 37.8. The van der Waals surface area contributed by atoms with Crippen LogP contribution in [0.3, 0.4) is 0 Å². The molecule has 11 nitrogen and oxygen atoms in total. The zero-order chi connectivity index (χ0) is 42.3. The second-order valence-corrected chi connectivity index (χ2v) is 19.5. The van der Waals surface area contributed by atoms with Crippen LogP contribution < -0.4 is 16.0 Å². The monoisotopic (exact) mass is 801 g/mol. The molecule has 3 heterocycles. The van der Waals surface area contributed by atoms with Crippen molar-refractivity contribution in [2.75, 3.05) is 29.1 Å². The first kappa shape index (κ1) is 45.7. The van der Waals surface area contributed by atoms with E-state index in [1.54, 1.807) is 0 Å². The van der Waals surface area contributed by atoms with E-state index in [2.05, 4.69) is 158 Å². The van der Waals surface area contributed by atoms with Gasteiger partial charge in [-0.1, -0.05) is 87.4 Å². The third-order valence-corrected chi connectivity index (χ3v) is 12.3. The van der Waals surface area contributed by atoms with Crippen LogP contribution in [0, 0.1) is 11.8 Å². The van der Waals surface area contributed by atoms with E-state index in [0.717, 1.165) is 51.4 Å². The van der Waals surface area contributed by atoms with Crippen molar-refractivity contribution >= 4 is 17.8 Å². The number of aromatic nitrogens is 3. The highest BCUT2D eigenvalue weighted by Gasteiger charge is 2.50. The third-order valence-electron chi connectivity index (χ3n) is 12.3. The molecule has 5 rings (SSSR count). The average Bonchev–Trinajstić information content (AvgIpc) is 3.16. The fourth-order valence-electron chi connectivity index (χ4n) is 10.3. The van der Waals surface area contributed by atoms with Gasteiger partial charge in [0.15, 0.2) is 0 Å². The van der Waals surface area contributed by atoms with E-state index in [4.69, 9.17) is 24.6 Å². The number of nitrogens with one attached hydrogen (secondary N) is 3. The molecule has 2 aliphatic heterocycles. The molecule has 3 aromatic rings. The number of aliphatic hydroxyl groups excluding tert-OH is 1. The first-order valence-electron chi connectivity index (χ1n) is 22.1. The Kier molecular flexibility index (Phi) is 15.3. The Hall–Kier alpha value is -3.35. The van der Waals surface area contributed by atoms with E-state index in [-0.39, 0.29) is 53.1 Å². The Morgan fingerprint density at radius 3 is 1.28 bits per heavy atom. The van der Waals surface area contributed by atoms with Crippen molar-refractivity contribution in [2.24, 2.45) is 11.8 Å². The maximum atomic E-state index is 9.72. The van der Waals surface area contributed by atoms with Crippen LogP contribution in [0.2, 0.25) is 0 Å². The van der Waals surface area contributed by atoms with E-state index in [0.29, 0.717) is 36.2 Å². The van der Waals surface area contributed by atoms with Crippen molar-refractivity contribution < 1.29 is 14.8 Å². The number of piperidine rings is 2. The maximum Gasteiger partial charge on any atom is 0.229 e. The number of anilines is 3. The van der Waals surface area contributed by atoms with Crippen molar-refractivity contribution in [3.8, 4) is 0 Å². The molecule has 0 aliphatic carbocycles. The van der Waals surface area contributed by atoms with Gasteiger partial charge in [-0.25, -0.2) is 0 Å². The minimum atomic E-state index is -0.210. The maximum absolute atomic E-state index is 9.72. The molecule has 0 spiro atoms. The van der Waals surface area contributed by atoms with Crippen molar-refractivity contribution in [2.45, 2.75) is 181 Å². The van der Waals surface area contributed by atoms with Crippen molar-refractivity contribution in [1.29, 1.82) is 0 Å². The van der Waals surface area contributed by atoms with E-state index < -0.39 is 0 Å². The minimum absolute atomic E-state index is 0.0183. The molecule has 2 aromatic carbocycles. The lowest BCUT2D eigenvalue weighted by Gasteiger charge is -2.56. The summed E-state index contributed by atoms with van der Waals surface area (Å²) in [5.74, 6) is 2.27. The van der Waals surface area contributed by atoms with E-state index >= 15 is 0 Å². The molecule has 322 valence electrons. The molecule has 0 radical (unpaired) electrons. The minimum Gasteiger partial charge on any atom is -0.395 e. The lowest BCUT2D eigenvalue weighted by molar-refractivity contribution is -0.310. The van der Waals surface area contributed by atoms with Gasteiger partial charge in [0.2, 0.25) is 17.8 Å². The number of nitrogens with zero attached hydrogens (tertiary/aromatic N) is 5. The SMILES string of the molecule is CCCC(Nc1nc(NCCO)nc(NC(CCC)C2CC(C)(C)N(OC(C)c3ccccc3)C(C)(C)C2)n1)C1CC(C)(C)N(OC(C)c2ccccc2)C(C)(C)C1. The topological polar surface area (TPSA) is 120 Å². The molecule has 0 amide bonds. The second-order valence-electron chi connectivity index (χ2n) is 19.5. The first-order valence-corrected chi connectivity index (χ1v) is 22.1. The smallest absolute Gasteiger partial charge is 0.229 e. The van der Waals surface area contributed by atoms with Crippen LogP contribution in [0.25, 0.3) is 0 Å². The molecule has 4 N–H and O–H groups in total. The van der Waals surface area contributed by atoms with Gasteiger partial charge < -0.3 is 21.1 Å². The summed E-state index contributed by atoms with van der Waals surface area (Å²) >= 11 is 0. The van der Waals surface area contributed by atoms with E-state index in [1.165, 1.54) is 11.1 Å². The summed E-state index contributed by atoms with van der Waals surface area (Å²) in [6, 6.07) is 21.2. The summed E-state index contributed by atoms with van der Waals surface area (Å²) in [6.45, 7) is 27.6. The highest BCUT2D eigenvalue weighted by Crippen LogP contribution is 2.47. The Bertz CT molecular complexity index is 1550. The number of rotatable bonds is 19. The number of hydrogen-bond acceptors (Lipinski definition) is 11. The highest BCUT2D eigenvalue weighted by atomic mass is 16.7. The molecule has 58 heavy (non-hydrogen) atoms. The quantitative estimate of drug-likeness (QED) is 0.0927. The van der Waals surface area contributed by atoms with Gasteiger partial charge in [-0.15, -0.1) is 0 Å². The number of benzene rings is 2. The molecular weight excluding hydrogens is 725 g/mol. The van der Waals surface area contributed by atoms with Crippen LogP contribution in [0.4, 0.5) is 17.8 Å². The molecule has 0 saturated carbocycles. The Morgan fingerprint density at radius 2 is 0.948 bits per heavy atom. The molecule has 11 heteroatoms. The highest BCUT2D eigenvalue weighted by molar-refractivity contribution is 5.43. The summed E-state index contributed by atoms with van der Waals surface area (Å²) < 4.78 is 0. The first-order chi connectivity index (χ1) is 27.4. The summed E-state index contributed by atoms with van der Waals surface area (Å²) in [4.78, 5) is 28.4. The largest absolute Gasteiger partial charge is 0.395 e. The van der Waals surface area contributed by atoms with Crippen LogP contribution in [0.15, 0.2) is 60.7 Å². The summed E-state index contributed by atoms with van der Waals surface area (Å²) in [5.41, 5.74) is 1.51. The number of hydroxylamine groups is 4. The van der Waals surface area contributed by atoms with Crippen LogP contribution >= 0.6 is 0 Å². The summed E-state index contributed by atoms with van der Waals surface area (Å²) in [5, 5.41) is 25.1. The molecule has 1 aromatic heterocycles. The van der Waals surface area contributed by atoms with E-state index in [9.17, 15) is 5.11 Å². The van der Waals surface area contributed by atoms with E-state index in [1.807, 2.05) is 12.1 Å². The van der Waals surface area contributed by atoms with Gasteiger partial charge in [-0.05, 0) is 131 Å². The molecule has 2 aliphatic rings. The van der Waals surface area contributed by atoms with Crippen LogP contribution in [-0.4, -0.2) is 77.6 Å². The molecule has 0 bridgehead atoms. The standard InChI is InChI=1S/C47H76N8O3/c1-13-21-39(37-29-44(5,6)54(45(7,8)30-37)57-33(3)35-23-17-15-18-24-35)49-42-51-41(48-27-28-56)52-43(53-42)50-40(22-14-2)38-31-46(9,10)55(47(11,12)32-38)58-34(4)36-25-19-16-20-26-36/h15-20,23-26,33-34,37-40,56H,13-14,21-22,27-32H2,1-12H3,(H3,48,49,50,51,52,53). The third kappa shape index (κ3) is 11.5. The summed E-state index contributed by atoms with van der Waals surface area (Å²) in [7, 11) is 0. The van der Waals surface area contributed by atoms with Gasteiger partial charge in [0, 0.05) is 40.8 Å².